The van der Waals surface area contributed by atoms with E-state index in [1.807, 2.05) is 6.92 Å². The molecule has 3 N–H and O–H groups in total. The van der Waals surface area contributed by atoms with Gasteiger partial charge in [-0.2, -0.15) is 0 Å². The molecule has 3 amide bonds. The number of amides is 3. The van der Waals surface area contributed by atoms with E-state index in [9.17, 15) is 14.4 Å². The Morgan fingerprint density at radius 3 is 2.95 bits per heavy atom. The molecule has 1 atom stereocenters. The maximum atomic E-state index is 11.9. The highest BCUT2D eigenvalue weighted by Gasteiger charge is 2.20. The average Bonchev–Trinajstić information content (AvgIpc) is 2.53. The quantitative estimate of drug-likeness (QED) is 0.663. The summed E-state index contributed by atoms with van der Waals surface area (Å²) in [5.41, 5.74) is 0. The molecular formula is C12H21N3O4. The van der Waals surface area contributed by atoms with E-state index in [2.05, 4.69) is 10.6 Å². The van der Waals surface area contributed by atoms with Gasteiger partial charge in [0, 0.05) is 25.6 Å². The molecule has 0 aromatic rings. The molecule has 1 rings (SSSR count). The highest BCUT2D eigenvalue weighted by atomic mass is 16.4. The number of carboxylic acid groups (broad SMARTS) is 1. The maximum absolute atomic E-state index is 11.9. The molecule has 0 saturated carbocycles. The van der Waals surface area contributed by atoms with Gasteiger partial charge in [0.25, 0.3) is 0 Å². The van der Waals surface area contributed by atoms with Gasteiger partial charge in [-0.1, -0.05) is 0 Å². The van der Waals surface area contributed by atoms with Crippen molar-refractivity contribution in [1.82, 2.24) is 15.5 Å². The van der Waals surface area contributed by atoms with Gasteiger partial charge in [-0.3, -0.25) is 9.59 Å². The predicted octanol–water partition coefficient (Wildman–Crippen LogP) is 0.161. The largest absolute Gasteiger partial charge is 0.481 e. The third-order valence-corrected chi connectivity index (χ3v) is 2.95. The zero-order valence-electron chi connectivity index (χ0n) is 11.1. The van der Waals surface area contributed by atoms with Crippen LogP contribution in [0, 0.1) is 0 Å². The van der Waals surface area contributed by atoms with Crippen LogP contribution in [0.4, 0.5) is 4.79 Å². The normalized spacial score (nSPS) is 17.3. The SMILES string of the molecule is CC(CCCC(=O)O)NC(=O)N1CCCNC(=O)C1. The first-order valence-electron chi connectivity index (χ1n) is 6.53. The molecule has 0 spiro atoms. The van der Waals surface area contributed by atoms with Gasteiger partial charge in [0.15, 0.2) is 0 Å². The monoisotopic (exact) mass is 271 g/mol. The number of nitrogens with zero attached hydrogens (tertiary/aromatic N) is 1. The van der Waals surface area contributed by atoms with Gasteiger partial charge in [0.2, 0.25) is 5.91 Å². The summed E-state index contributed by atoms with van der Waals surface area (Å²) in [7, 11) is 0. The van der Waals surface area contributed by atoms with Gasteiger partial charge >= 0.3 is 12.0 Å². The fourth-order valence-corrected chi connectivity index (χ4v) is 1.91. The lowest BCUT2D eigenvalue weighted by Gasteiger charge is -2.22. The van der Waals surface area contributed by atoms with Crippen LogP contribution in [0.15, 0.2) is 0 Å². The zero-order valence-corrected chi connectivity index (χ0v) is 11.1. The molecule has 1 aliphatic heterocycles. The molecule has 1 fully saturated rings. The molecule has 0 aromatic heterocycles. The van der Waals surface area contributed by atoms with E-state index in [0.29, 0.717) is 25.9 Å². The van der Waals surface area contributed by atoms with Crippen molar-refractivity contribution in [3.05, 3.63) is 0 Å². The van der Waals surface area contributed by atoms with Crippen molar-refractivity contribution in [3.63, 3.8) is 0 Å². The van der Waals surface area contributed by atoms with Crippen LogP contribution in [0.1, 0.15) is 32.6 Å². The summed E-state index contributed by atoms with van der Waals surface area (Å²) in [5.74, 6) is -0.978. The second-order valence-corrected chi connectivity index (χ2v) is 4.76. The summed E-state index contributed by atoms with van der Waals surface area (Å²) in [6.45, 7) is 3.05. The molecule has 0 bridgehead atoms. The molecule has 1 saturated heterocycles. The van der Waals surface area contributed by atoms with E-state index in [4.69, 9.17) is 5.11 Å². The van der Waals surface area contributed by atoms with Gasteiger partial charge in [-0.15, -0.1) is 0 Å². The van der Waals surface area contributed by atoms with Crippen LogP contribution in [0.3, 0.4) is 0 Å². The van der Waals surface area contributed by atoms with Gasteiger partial charge in [0.1, 0.15) is 6.54 Å². The zero-order chi connectivity index (χ0) is 14.3. The van der Waals surface area contributed by atoms with Crippen molar-refractivity contribution >= 4 is 17.9 Å². The van der Waals surface area contributed by atoms with Crippen molar-refractivity contribution in [2.24, 2.45) is 0 Å². The topological polar surface area (TPSA) is 98.7 Å². The number of carboxylic acids is 1. The molecule has 1 unspecified atom stereocenters. The summed E-state index contributed by atoms with van der Waals surface area (Å²) in [4.78, 5) is 35.1. The van der Waals surface area contributed by atoms with Crippen molar-refractivity contribution in [2.45, 2.75) is 38.6 Å². The first-order chi connectivity index (χ1) is 8.99. The maximum Gasteiger partial charge on any atom is 0.318 e. The fraction of sp³-hybridized carbons (Fsp3) is 0.750. The fourth-order valence-electron chi connectivity index (χ4n) is 1.91. The molecule has 1 heterocycles. The van der Waals surface area contributed by atoms with E-state index in [1.54, 1.807) is 0 Å². The van der Waals surface area contributed by atoms with Crippen molar-refractivity contribution in [3.8, 4) is 0 Å². The highest BCUT2D eigenvalue weighted by molar-refractivity contribution is 5.84. The smallest absolute Gasteiger partial charge is 0.318 e. The van der Waals surface area contributed by atoms with E-state index < -0.39 is 5.97 Å². The second kappa shape index (κ2) is 7.60. The molecule has 7 heteroatoms. The number of carbonyl (C=O) groups is 3. The standard InChI is InChI=1S/C12H21N3O4/c1-9(4-2-5-11(17)18)14-12(19)15-7-3-6-13-10(16)8-15/h9H,2-8H2,1H3,(H,13,16)(H,14,19)(H,17,18). The minimum Gasteiger partial charge on any atom is -0.481 e. The van der Waals surface area contributed by atoms with Crippen LogP contribution >= 0.6 is 0 Å². The number of rotatable bonds is 5. The van der Waals surface area contributed by atoms with Crippen molar-refractivity contribution < 1.29 is 19.5 Å². The number of nitrogens with one attached hydrogen (secondary N) is 2. The van der Waals surface area contributed by atoms with E-state index in [-0.39, 0.29) is 30.9 Å². The Kier molecular flexibility index (Phi) is 6.11. The number of carbonyl (C=O) groups excluding carboxylic acids is 2. The summed E-state index contributed by atoms with van der Waals surface area (Å²) >= 11 is 0. The average molecular weight is 271 g/mol. The molecule has 0 aliphatic carbocycles. The van der Waals surface area contributed by atoms with Crippen LogP contribution in [0.5, 0.6) is 0 Å². The summed E-state index contributed by atoms with van der Waals surface area (Å²) in [6.07, 6.45) is 1.98. The Hall–Kier alpha value is -1.79. The lowest BCUT2D eigenvalue weighted by atomic mass is 10.1. The summed E-state index contributed by atoms with van der Waals surface area (Å²) in [5, 5.41) is 14.0. The van der Waals surface area contributed by atoms with Crippen LogP contribution < -0.4 is 10.6 Å². The van der Waals surface area contributed by atoms with E-state index in [0.717, 1.165) is 6.42 Å². The van der Waals surface area contributed by atoms with Gasteiger partial charge < -0.3 is 20.6 Å². The highest BCUT2D eigenvalue weighted by Crippen LogP contribution is 2.03. The molecule has 7 nitrogen and oxygen atoms in total. The van der Waals surface area contributed by atoms with E-state index >= 15 is 0 Å². The minimum atomic E-state index is -0.831. The summed E-state index contributed by atoms with van der Waals surface area (Å²) in [6, 6.07) is -0.363. The predicted molar refractivity (Wildman–Crippen MR) is 68.7 cm³/mol. The van der Waals surface area contributed by atoms with E-state index in [1.165, 1.54) is 4.90 Å². The number of aliphatic carboxylic acids is 1. The van der Waals surface area contributed by atoms with Crippen molar-refractivity contribution in [1.29, 1.82) is 0 Å². The van der Waals surface area contributed by atoms with Crippen LogP contribution in [0.2, 0.25) is 0 Å². The van der Waals surface area contributed by atoms with Crippen LogP contribution in [-0.4, -0.2) is 53.6 Å². The van der Waals surface area contributed by atoms with Crippen LogP contribution in [-0.2, 0) is 9.59 Å². The minimum absolute atomic E-state index is 0.0771. The van der Waals surface area contributed by atoms with Gasteiger partial charge in [-0.05, 0) is 26.2 Å². The number of urea groups is 1. The third-order valence-electron chi connectivity index (χ3n) is 2.95. The van der Waals surface area contributed by atoms with Gasteiger partial charge in [-0.25, -0.2) is 4.79 Å². The molecule has 0 aromatic carbocycles. The molecule has 108 valence electrons. The molecule has 0 radical (unpaired) electrons. The Balaban J connectivity index is 2.32. The lowest BCUT2D eigenvalue weighted by Crippen LogP contribution is -2.46. The van der Waals surface area contributed by atoms with Crippen molar-refractivity contribution in [2.75, 3.05) is 19.6 Å². The Morgan fingerprint density at radius 2 is 2.26 bits per heavy atom. The molecule has 19 heavy (non-hydrogen) atoms. The first-order valence-corrected chi connectivity index (χ1v) is 6.53. The van der Waals surface area contributed by atoms with Gasteiger partial charge in [0.05, 0.1) is 0 Å². The second-order valence-electron chi connectivity index (χ2n) is 4.76. The Labute approximate surface area is 112 Å². The summed E-state index contributed by atoms with van der Waals surface area (Å²) < 4.78 is 0. The Bertz CT molecular complexity index is 346. The lowest BCUT2D eigenvalue weighted by molar-refractivity contribution is -0.137. The molecular weight excluding hydrogens is 250 g/mol. The molecule has 1 aliphatic rings. The Morgan fingerprint density at radius 1 is 1.53 bits per heavy atom. The first kappa shape index (κ1) is 15.3. The number of hydrogen-bond acceptors (Lipinski definition) is 3. The third kappa shape index (κ3) is 6.08. The number of hydrogen-bond donors (Lipinski definition) is 3. The van der Waals surface area contributed by atoms with Crippen LogP contribution in [0.25, 0.3) is 0 Å².